The number of para-hydroxylation sites is 2. The Morgan fingerprint density at radius 2 is 1.07 bits per heavy atom. The first-order valence-corrected chi connectivity index (χ1v) is 26.2. The highest BCUT2D eigenvalue weighted by Crippen LogP contribution is 2.39. The van der Waals surface area contributed by atoms with Gasteiger partial charge in [-0.3, -0.25) is 19.4 Å². The Kier molecular flexibility index (Phi) is 20.2. The van der Waals surface area contributed by atoms with Crippen molar-refractivity contribution >= 4 is 75.9 Å². The first-order valence-electron chi connectivity index (χ1n) is 25.1. The average Bonchev–Trinajstić information content (AvgIpc) is 3.99. The van der Waals surface area contributed by atoms with E-state index in [0.717, 1.165) is 53.6 Å². The molecule has 4 fully saturated rings. The van der Waals surface area contributed by atoms with Crippen LogP contribution in [0.5, 0.6) is 0 Å². The Balaban J connectivity index is 0.000000202. The molecule has 19 nitrogen and oxygen atoms in total. The number of nitrogens with one attached hydrogen (secondary N) is 4. The quantitative estimate of drug-likeness (QED) is 0.0501. The maximum Gasteiger partial charge on any atom is 0.426 e. The van der Waals surface area contributed by atoms with E-state index in [0.29, 0.717) is 63.8 Å². The number of esters is 1. The molecule has 4 heterocycles. The molecule has 0 unspecified atom stereocenters. The molecule has 2 aromatic carbocycles. The molecule has 408 valence electrons. The van der Waals surface area contributed by atoms with E-state index < -0.39 is 29.0 Å². The van der Waals surface area contributed by atoms with Crippen molar-refractivity contribution in [3.8, 4) is 0 Å². The Morgan fingerprint density at radius 1 is 0.640 bits per heavy atom. The summed E-state index contributed by atoms with van der Waals surface area (Å²) >= 11 is 17.7. The van der Waals surface area contributed by atoms with Crippen LogP contribution in [0.1, 0.15) is 136 Å². The van der Waals surface area contributed by atoms with Crippen LogP contribution >= 0.6 is 34.8 Å². The van der Waals surface area contributed by atoms with Crippen molar-refractivity contribution in [1.29, 1.82) is 0 Å². The SMILES string of the molecule is CC(C)(C)OC(=O)CNC1CCC2(CC1)OCCO2.Cc1cccc(C)c1NC(=O)c1cnc(Cl)nc1Cl.Cc1cccc(C)c1NC(=O)c1cnc(Cl)nc1N(NC(=O)OC(C)(C)C)C1CCC2(CC1)OCCO2. The summed E-state index contributed by atoms with van der Waals surface area (Å²) in [5.74, 6) is -1.72. The number of amides is 3. The zero-order valence-electron chi connectivity index (χ0n) is 44.4. The van der Waals surface area contributed by atoms with Crippen LogP contribution in [0.15, 0.2) is 48.8 Å². The van der Waals surface area contributed by atoms with Gasteiger partial charge in [-0.15, -0.1) is 0 Å². The lowest BCUT2D eigenvalue weighted by Gasteiger charge is -2.41. The fourth-order valence-corrected chi connectivity index (χ4v) is 9.55. The molecule has 2 aromatic heterocycles. The zero-order chi connectivity index (χ0) is 54.7. The van der Waals surface area contributed by atoms with Gasteiger partial charge in [0.15, 0.2) is 17.4 Å². The Bertz CT molecular complexity index is 2590. The van der Waals surface area contributed by atoms with Gasteiger partial charge < -0.3 is 44.4 Å². The van der Waals surface area contributed by atoms with Gasteiger partial charge in [-0.1, -0.05) is 48.0 Å². The van der Waals surface area contributed by atoms with Crippen molar-refractivity contribution in [3.05, 3.63) is 97.9 Å². The number of carbonyl (C=O) groups excluding carboxylic acids is 4. The highest BCUT2D eigenvalue weighted by Gasteiger charge is 2.43. The molecule has 3 amide bonds. The number of hydrazine groups is 1. The van der Waals surface area contributed by atoms with E-state index in [1.165, 1.54) is 12.4 Å². The van der Waals surface area contributed by atoms with Crippen molar-refractivity contribution < 1.29 is 47.6 Å². The fraction of sp³-hybridized carbons (Fsp3) is 0.547. The van der Waals surface area contributed by atoms with Crippen LogP contribution in [-0.2, 0) is 33.2 Å². The lowest BCUT2D eigenvalue weighted by atomic mass is 9.89. The number of anilines is 3. The minimum atomic E-state index is -0.718. The third kappa shape index (κ3) is 17.1. The van der Waals surface area contributed by atoms with E-state index in [2.05, 4.69) is 41.3 Å². The monoisotopic (exact) mass is 1100 g/mol. The molecule has 2 aliphatic heterocycles. The lowest BCUT2D eigenvalue weighted by molar-refractivity contribution is -0.179. The van der Waals surface area contributed by atoms with Gasteiger partial charge in [-0.25, -0.2) is 25.2 Å². The van der Waals surface area contributed by atoms with Crippen LogP contribution < -0.4 is 26.4 Å². The van der Waals surface area contributed by atoms with Crippen LogP contribution in [0, 0.1) is 27.7 Å². The number of benzene rings is 2. The molecule has 2 saturated heterocycles. The summed E-state index contributed by atoms with van der Waals surface area (Å²) in [6, 6.07) is 11.7. The Hall–Kier alpha value is -5.25. The smallest absolute Gasteiger partial charge is 0.426 e. The summed E-state index contributed by atoms with van der Waals surface area (Å²) < 4.78 is 33.9. The standard InChI is InChI=1S/C26H34ClN5O5.C14H25NO4.C13H11Cl2N3O/c1-16-7-6-8-17(2)20(16)29-22(33)19-15-28-23(27)30-21(19)32(31-24(34)37-25(3,4)5)18-9-11-26(12-10-18)35-13-14-36-26;1-13(2,3)19-12(16)10-15-11-4-6-14(7-5-11)17-8-9-18-14;1-7-4-3-5-8(2)10(7)17-12(19)9-6-16-13(15)18-11(9)14/h6-8,15,18H,9-14H2,1-5H3,(H,29,33)(H,31,34);11,15H,4-10H2,1-3H3;3-6H,1-2H3,(H,17,19). The number of hydrogen-bond donors (Lipinski definition) is 4. The Labute approximate surface area is 454 Å². The molecule has 2 aliphatic carbocycles. The van der Waals surface area contributed by atoms with Crippen LogP contribution in [0.3, 0.4) is 0 Å². The normalized spacial score (nSPS) is 18.0. The lowest BCUT2D eigenvalue weighted by Crippen LogP contribution is -2.54. The van der Waals surface area contributed by atoms with Crippen molar-refractivity contribution in [2.75, 3.05) is 48.6 Å². The number of carbonyl (C=O) groups is 4. The van der Waals surface area contributed by atoms with E-state index in [1.807, 2.05) is 84.9 Å². The second-order valence-electron chi connectivity index (χ2n) is 20.8. The molecule has 4 aromatic rings. The molecule has 0 radical (unpaired) electrons. The van der Waals surface area contributed by atoms with E-state index in [4.69, 9.17) is 63.2 Å². The largest absolute Gasteiger partial charge is 0.459 e. The van der Waals surface area contributed by atoms with Gasteiger partial charge in [0.25, 0.3) is 11.8 Å². The van der Waals surface area contributed by atoms with Gasteiger partial charge in [-0.2, -0.15) is 4.98 Å². The molecule has 2 saturated carbocycles. The van der Waals surface area contributed by atoms with E-state index in [9.17, 15) is 19.2 Å². The van der Waals surface area contributed by atoms with Gasteiger partial charge in [0.2, 0.25) is 10.6 Å². The molecule has 75 heavy (non-hydrogen) atoms. The van der Waals surface area contributed by atoms with Gasteiger partial charge in [0, 0.05) is 55.5 Å². The first-order chi connectivity index (χ1) is 35.3. The number of hydrogen-bond acceptors (Lipinski definition) is 16. The summed E-state index contributed by atoms with van der Waals surface area (Å²) in [5, 5.41) is 10.6. The first kappa shape index (κ1) is 59.0. The van der Waals surface area contributed by atoms with Gasteiger partial charge in [0.1, 0.15) is 21.9 Å². The highest BCUT2D eigenvalue weighted by atomic mass is 35.5. The second kappa shape index (κ2) is 25.7. The van der Waals surface area contributed by atoms with Gasteiger partial charge in [-0.05, 0) is 140 Å². The topological polar surface area (TPSA) is 227 Å². The predicted molar refractivity (Wildman–Crippen MR) is 286 cm³/mol. The molecule has 8 rings (SSSR count). The minimum absolute atomic E-state index is 0.00798. The molecule has 4 N–H and O–H groups in total. The zero-order valence-corrected chi connectivity index (χ0v) is 46.7. The van der Waals surface area contributed by atoms with Gasteiger partial charge in [0.05, 0.1) is 44.6 Å². The number of aromatic nitrogens is 4. The molecular weight excluding hydrogens is 1030 g/mol. The highest BCUT2D eigenvalue weighted by molar-refractivity contribution is 6.34. The van der Waals surface area contributed by atoms with Gasteiger partial charge >= 0.3 is 12.1 Å². The van der Waals surface area contributed by atoms with Crippen LogP contribution in [-0.4, -0.2) is 112 Å². The molecule has 2 spiro atoms. The van der Waals surface area contributed by atoms with E-state index >= 15 is 0 Å². The molecule has 22 heteroatoms. The molecular formula is C53H70Cl3N9O10. The summed E-state index contributed by atoms with van der Waals surface area (Å²) in [6.45, 7) is 21.5. The Morgan fingerprint density at radius 3 is 1.52 bits per heavy atom. The molecule has 4 aliphatic rings. The third-order valence-electron chi connectivity index (χ3n) is 12.6. The van der Waals surface area contributed by atoms with Crippen LogP contribution in [0.2, 0.25) is 15.7 Å². The van der Waals surface area contributed by atoms with Crippen molar-refractivity contribution in [1.82, 2.24) is 30.7 Å². The van der Waals surface area contributed by atoms with Crippen molar-refractivity contribution in [2.45, 2.75) is 155 Å². The van der Waals surface area contributed by atoms with Crippen molar-refractivity contribution in [2.24, 2.45) is 0 Å². The summed E-state index contributed by atoms with van der Waals surface area (Å²) in [6.07, 6.45) is 8.26. The molecule has 0 bridgehead atoms. The number of ether oxygens (including phenoxy) is 6. The second-order valence-corrected chi connectivity index (χ2v) is 21.9. The van der Waals surface area contributed by atoms with E-state index in [1.54, 1.807) is 25.8 Å². The fourth-order valence-electron chi connectivity index (χ4n) is 9.03. The average molecular weight is 1100 g/mol. The third-order valence-corrected chi connectivity index (χ3v) is 13.3. The van der Waals surface area contributed by atoms with Crippen LogP contribution in [0.25, 0.3) is 0 Å². The molecule has 0 atom stereocenters. The maximum atomic E-state index is 13.5. The summed E-state index contributed by atoms with van der Waals surface area (Å²) in [4.78, 5) is 66.1. The number of halogens is 3. The summed E-state index contributed by atoms with van der Waals surface area (Å²) in [5.41, 5.74) is 7.28. The van der Waals surface area contributed by atoms with Crippen LogP contribution in [0.4, 0.5) is 22.0 Å². The summed E-state index contributed by atoms with van der Waals surface area (Å²) in [7, 11) is 0. The van der Waals surface area contributed by atoms with Crippen molar-refractivity contribution in [3.63, 3.8) is 0 Å². The number of nitrogens with zero attached hydrogens (tertiary/aromatic N) is 5. The minimum Gasteiger partial charge on any atom is -0.459 e. The number of aryl methyl sites for hydroxylation is 4. The maximum absolute atomic E-state index is 13.5. The van der Waals surface area contributed by atoms with E-state index in [-0.39, 0.29) is 62.9 Å². The predicted octanol–water partition coefficient (Wildman–Crippen LogP) is 10.2. The number of rotatable bonds is 10.